The van der Waals surface area contributed by atoms with Crippen LogP contribution in [0.4, 0.5) is 4.79 Å². The summed E-state index contributed by atoms with van der Waals surface area (Å²) in [6.45, 7) is 6.60. The first-order valence-corrected chi connectivity index (χ1v) is 8.46. The first-order chi connectivity index (χ1) is 12.2. The van der Waals surface area contributed by atoms with E-state index in [1.165, 1.54) is 6.08 Å². The molecule has 0 spiro atoms. The van der Waals surface area contributed by atoms with E-state index in [2.05, 4.69) is 0 Å². The molecule has 1 aromatic carbocycles. The fourth-order valence-electron chi connectivity index (χ4n) is 2.65. The summed E-state index contributed by atoms with van der Waals surface area (Å²) in [6, 6.07) is 5.56. The van der Waals surface area contributed by atoms with Crippen LogP contribution in [0, 0.1) is 0 Å². The van der Waals surface area contributed by atoms with Crippen molar-refractivity contribution in [2.75, 3.05) is 20.2 Å². The van der Waals surface area contributed by atoms with Gasteiger partial charge in [-0.1, -0.05) is 18.2 Å². The fourth-order valence-corrected chi connectivity index (χ4v) is 2.65. The van der Waals surface area contributed by atoms with Crippen LogP contribution in [-0.2, 0) is 9.53 Å². The standard InChI is InChI=1S/C20H25NO5/c1-20(2,3)26-19(24)21-11-9-15(10-12-21)16-7-5-14(6-8-18(22)23)13-17(16)25-4/h5-9,13H,10-12H2,1-4H3,(H,22,23). The average Bonchev–Trinajstić information content (AvgIpc) is 2.58. The number of hydrogen-bond acceptors (Lipinski definition) is 4. The number of rotatable bonds is 4. The van der Waals surface area contributed by atoms with Crippen molar-refractivity contribution in [3.8, 4) is 5.75 Å². The Balaban J connectivity index is 2.14. The molecule has 1 N–H and O–H groups in total. The van der Waals surface area contributed by atoms with E-state index < -0.39 is 11.6 Å². The lowest BCUT2D eigenvalue weighted by atomic mass is 9.97. The van der Waals surface area contributed by atoms with Crippen molar-refractivity contribution in [2.45, 2.75) is 32.8 Å². The summed E-state index contributed by atoms with van der Waals surface area (Å²) in [5.41, 5.74) is 2.28. The molecule has 2 rings (SSSR count). The van der Waals surface area contributed by atoms with E-state index in [4.69, 9.17) is 14.6 Å². The summed E-state index contributed by atoms with van der Waals surface area (Å²) in [5, 5.41) is 8.73. The molecule has 1 heterocycles. The zero-order valence-electron chi connectivity index (χ0n) is 15.6. The van der Waals surface area contributed by atoms with Gasteiger partial charge < -0.3 is 19.5 Å². The van der Waals surface area contributed by atoms with E-state index in [0.29, 0.717) is 25.3 Å². The molecular formula is C20H25NO5. The maximum absolute atomic E-state index is 12.1. The number of nitrogens with zero attached hydrogens (tertiary/aromatic N) is 1. The minimum absolute atomic E-state index is 0.311. The Bertz CT molecular complexity index is 743. The molecule has 0 atom stereocenters. The van der Waals surface area contributed by atoms with Gasteiger partial charge in [0.15, 0.2) is 0 Å². The third kappa shape index (κ3) is 5.37. The molecule has 26 heavy (non-hydrogen) atoms. The van der Waals surface area contributed by atoms with Gasteiger partial charge in [-0.3, -0.25) is 0 Å². The Kier molecular flexibility index (Phi) is 6.08. The predicted molar refractivity (Wildman–Crippen MR) is 100 cm³/mol. The summed E-state index contributed by atoms with van der Waals surface area (Å²) >= 11 is 0. The van der Waals surface area contributed by atoms with Gasteiger partial charge in [0.2, 0.25) is 0 Å². The minimum Gasteiger partial charge on any atom is -0.496 e. The first kappa shape index (κ1) is 19.6. The Hall–Kier alpha value is -2.76. The second kappa shape index (κ2) is 8.08. The number of carboxylic acids is 1. The van der Waals surface area contributed by atoms with Gasteiger partial charge in [-0.15, -0.1) is 0 Å². The number of carbonyl (C=O) groups excluding carboxylic acids is 1. The van der Waals surface area contributed by atoms with Crippen molar-refractivity contribution in [1.29, 1.82) is 0 Å². The fraction of sp³-hybridized carbons (Fsp3) is 0.400. The zero-order chi connectivity index (χ0) is 19.3. The molecule has 0 aromatic heterocycles. The molecule has 0 bridgehead atoms. The monoisotopic (exact) mass is 359 g/mol. The van der Waals surface area contributed by atoms with E-state index in [-0.39, 0.29) is 6.09 Å². The lowest BCUT2D eigenvalue weighted by Gasteiger charge is -2.30. The van der Waals surface area contributed by atoms with Gasteiger partial charge >= 0.3 is 12.1 Å². The maximum Gasteiger partial charge on any atom is 0.410 e. The third-order valence-electron chi connectivity index (χ3n) is 3.85. The number of amides is 1. The molecular weight excluding hydrogens is 334 g/mol. The molecule has 0 fully saturated rings. The van der Waals surface area contributed by atoms with E-state index in [0.717, 1.165) is 22.8 Å². The van der Waals surface area contributed by atoms with Crippen molar-refractivity contribution in [3.63, 3.8) is 0 Å². The lowest BCUT2D eigenvalue weighted by molar-refractivity contribution is -0.131. The summed E-state index contributed by atoms with van der Waals surface area (Å²) in [6.07, 6.45) is 4.99. The molecule has 1 aliphatic heterocycles. The summed E-state index contributed by atoms with van der Waals surface area (Å²) in [4.78, 5) is 24.5. The van der Waals surface area contributed by atoms with Gasteiger partial charge in [0.05, 0.1) is 7.11 Å². The molecule has 1 aliphatic rings. The number of carbonyl (C=O) groups is 2. The molecule has 6 heteroatoms. The van der Waals surface area contributed by atoms with Crippen molar-refractivity contribution < 1.29 is 24.2 Å². The van der Waals surface area contributed by atoms with Crippen molar-refractivity contribution in [2.24, 2.45) is 0 Å². The van der Waals surface area contributed by atoms with Crippen LogP contribution >= 0.6 is 0 Å². The highest BCUT2D eigenvalue weighted by Crippen LogP contribution is 2.31. The smallest absolute Gasteiger partial charge is 0.410 e. The molecule has 0 aliphatic carbocycles. The lowest BCUT2D eigenvalue weighted by Crippen LogP contribution is -2.39. The van der Waals surface area contributed by atoms with Crippen LogP contribution in [0.15, 0.2) is 30.4 Å². The van der Waals surface area contributed by atoms with Gasteiger partial charge in [-0.25, -0.2) is 9.59 Å². The second-order valence-corrected chi connectivity index (χ2v) is 7.04. The predicted octanol–water partition coefficient (Wildman–Crippen LogP) is 3.82. The second-order valence-electron chi connectivity index (χ2n) is 7.04. The van der Waals surface area contributed by atoms with Crippen LogP contribution in [0.3, 0.4) is 0 Å². The number of ether oxygens (including phenoxy) is 2. The van der Waals surface area contributed by atoms with Gasteiger partial charge in [0.1, 0.15) is 11.4 Å². The minimum atomic E-state index is -0.995. The van der Waals surface area contributed by atoms with Crippen LogP contribution in [0.2, 0.25) is 0 Å². The molecule has 0 saturated carbocycles. The van der Waals surface area contributed by atoms with Crippen LogP contribution in [0.1, 0.15) is 38.3 Å². The molecule has 0 unspecified atom stereocenters. The molecule has 6 nitrogen and oxygen atoms in total. The number of methoxy groups -OCH3 is 1. The highest BCUT2D eigenvalue weighted by atomic mass is 16.6. The van der Waals surface area contributed by atoms with Crippen molar-refractivity contribution in [3.05, 3.63) is 41.5 Å². The Morgan fingerprint density at radius 2 is 2.00 bits per heavy atom. The Labute approximate surface area is 153 Å². The molecule has 0 radical (unpaired) electrons. The Morgan fingerprint density at radius 1 is 1.27 bits per heavy atom. The zero-order valence-corrected chi connectivity index (χ0v) is 15.6. The third-order valence-corrected chi connectivity index (χ3v) is 3.85. The van der Waals surface area contributed by atoms with Crippen LogP contribution in [-0.4, -0.2) is 47.9 Å². The first-order valence-electron chi connectivity index (χ1n) is 8.46. The largest absolute Gasteiger partial charge is 0.496 e. The maximum atomic E-state index is 12.1. The van der Waals surface area contributed by atoms with Gasteiger partial charge in [0.25, 0.3) is 0 Å². The summed E-state index contributed by atoms with van der Waals surface area (Å²) in [7, 11) is 1.58. The van der Waals surface area contributed by atoms with Crippen molar-refractivity contribution >= 4 is 23.7 Å². The number of aliphatic carboxylic acids is 1. The molecule has 1 aromatic rings. The van der Waals surface area contributed by atoms with Crippen LogP contribution < -0.4 is 4.74 Å². The Morgan fingerprint density at radius 3 is 2.54 bits per heavy atom. The number of carboxylic acid groups (broad SMARTS) is 1. The summed E-state index contributed by atoms with van der Waals surface area (Å²) in [5.74, 6) is -0.320. The summed E-state index contributed by atoms with van der Waals surface area (Å²) < 4.78 is 10.9. The van der Waals surface area contributed by atoms with Gasteiger partial charge in [-0.05, 0) is 50.5 Å². The molecule has 1 amide bonds. The normalized spacial score (nSPS) is 14.9. The van der Waals surface area contributed by atoms with Gasteiger partial charge in [-0.2, -0.15) is 0 Å². The SMILES string of the molecule is COc1cc(C=CC(=O)O)ccc1C1=CCN(C(=O)OC(C)(C)C)CC1. The highest BCUT2D eigenvalue weighted by molar-refractivity contribution is 5.85. The highest BCUT2D eigenvalue weighted by Gasteiger charge is 2.24. The van der Waals surface area contributed by atoms with Crippen LogP contribution in [0.25, 0.3) is 11.6 Å². The number of hydrogen-bond donors (Lipinski definition) is 1. The van der Waals surface area contributed by atoms with E-state index >= 15 is 0 Å². The van der Waals surface area contributed by atoms with E-state index in [1.54, 1.807) is 18.1 Å². The average molecular weight is 359 g/mol. The van der Waals surface area contributed by atoms with E-state index in [1.807, 2.05) is 39.0 Å². The quantitative estimate of drug-likeness (QED) is 0.827. The number of benzene rings is 1. The van der Waals surface area contributed by atoms with Crippen molar-refractivity contribution in [1.82, 2.24) is 4.90 Å². The van der Waals surface area contributed by atoms with E-state index in [9.17, 15) is 9.59 Å². The molecule has 140 valence electrons. The topological polar surface area (TPSA) is 76.1 Å². The van der Waals surface area contributed by atoms with Gasteiger partial charge in [0, 0.05) is 24.7 Å². The van der Waals surface area contributed by atoms with Crippen LogP contribution in [0.5, 0.6) is 5.75 Å². The molecule has 0 saturated heterocycles.